The molecule has 1 aliphatic heterocycles. The molecule has 2 aromatic carbocycles. The minimum absolute atomic E-state index is 0.0292. The summed E-state index contributed by atoms with van der Waals surface area (Å²) in [5.74, 6) is 0.214. The molecule has 3 rings (SSSR count). The van der Waals surface area contributed by atoms with Crippen LogP contribution in [0.1, 0.15) is 31.7 Å². The Bertz CT molecular complexity index is 1090. The van der Waals surface area contributed by atoms with Gasteiger partial charge in [-0.3, -0.25) is 4.72 Å². The molecule has 0 spiro atoms. The van der Waals surface area contributed by atoms with Crippen molar-refractivity contribution in [2.24, 2.45) is 0 Å². The molecule has 0 atom stereocenters. The summed E-state index contributed by atoms with van der Waals surface area (Å²) in [6, 6.07) is 13.3. The molecule has 0 aromatic heterocycles. The van der Waals surface area contributed by atoms with Crippen LogP contribution >= 0.6 is 0 Å². The van der Waals surface area contributed by atoms with Crippen molar-refractivity contribution in [1.82, 2.24) is 4.31 Å². The highest BCUT2D eigenvalue weighted by atomic mass is 32.2. The highest BCUT2D eigenvalue weighted by Crippen LogP contribution is 2.31. The van der Waals surface area contributed by atoms with E-state index in [1.165, 1.54) is 28.6 Å². The molecule has 0 saturated carbocycles. The molecule has 2 aromatic rings. The van der Waals surface area contributed by atoms with Crippen LogP contribution in [0.3, 0.4) is 0 Å². The van der Waals surface area contributed by atoms with Crippen molar-refractivity contribution >= 4 is 31.8 Å². The number of rotatable bonds is 8. The minimum Gasteiger partial charge on any atom is -0.492 e. The van der Waals surface area contributed by atoms with Crippen LogP contribution < -0.4 is 9.46 Å². The van der Waals surface area contributed by atoms with Gasteiger partial charge in [0.2, 0.25) is 10.0 Å². The van der Waals surface area contributed by atoms with E-state index in [-0.39, 0.29) is 16.3 Å². The van der Waals surface area contributed by atoms with Crippen LogP contribution in [0.15, 0.2) is 58.8 Å². The Kier molecular flexibility index (Phi) is 7.17. The fourth-order valence-electron chi connectivity index (χ4n) is 3.22. The quantitative estimate of drug-likeness (QED) is 0.662. The van der Waals surface area contributed by atoms with Crippen molar-refractivity contribution in [3.8, 4) is 5.75 Å². The zero-order valence-electron chi connectivity index (χ0n) is 16.8. The summed E-state index contributed by atoms with van der Waals surface area (Å²) >= 11 is 0. The maximum absolute atomic E-state index is 13.2. The number of nitrogens with one attached hydrogen (secondary N) is 1. The van der Waals surface area contributed by atoms with E-state index in [0.29, 0.717) is 19.7 Å². The summed E-state index contributed by atoms with van der Waals surface area (Å²) in [7, 11) is -7.62. The molecule has 0 bridgehead atoms. The smallest absolute Gasteiger partial charge is 0.255 e. The number of hydrogen-bond donors (Lipinski definition) is 1. The number of anilines is 1. The molecule has 30 heavy (non-hydrogen) atoms. The Hall–Kier alpha value is -2.36. The summed E-state index contributed by atoms with van der Waals surface area (Å²) in [6.45, 7) is 2.96. The molecule has 162 valence electrons. The van der Waals surface area contributed by atoms with Gasteiger partial charge < -0.3 is 4.74 Å². The Morgan fingerprint density at radius 3 is 2.37 bits per heavy atom. The average Bonchev–Trinajstić information content (AvgIpc) is 2.75. The molecule has 7 nitrogen and oxygen atoms in total. The fraction of sp³-hybridized carbons (Fsp3) is 0.333. The highest BCUT2D eigenvalue weighted by Gasteiger charge is 2.29. The number of sulfonamides is 2. The maximum atomic E-state index is 13.2. The first-order chi connectivity index (χ1) is 14.3. The predicted octanol–water partition coefficient (Wildman–Crippen LogP) is 3.67. The first-order valence-corrected chi connectivity index (χ1v) is 12.8. The Morgan fingerprint density at radius 2 is 1.70 bits per heavy atom. The third kappa shape index (κ3) is 5.62. The highest BCUT2D eigenvalue weighted by molar-refractivity contribution is 7.95. The lowest BCUT2D eigenvalue weighted by Crippen LogP contribution is -2.35. The predicted molar refractivity (Wildman–Crippen MR) is 118 cm³/mol. The standard InChI is InChI=1S/C21H26N2O5S2/c1-2-28-20-12-11-19(17-21(20)30(26,27)23-14-7-4-8-15-23)22-29(24,25)16-13-18-9-5-3-6-10-18/h3,5-6,9-13,16-17,22H,2,4,7-8,14-15H2,1H3/b16-13+. The molecule has 1 fully saturated rings. The SMILES string of the molecule is CCOc1ccc(NS(=O)(=O)/C=C/c2ccccc2)cc1S(=O)(=O)N1CCCCC1. The number of nitrogens with zero attached hydrogens (tertiary/aromatic N) is 1. The van der Waals surface area contributed by atoms with Gasteiger partial charge in [0.1, 0.15) is 10.6 Å². The molecule has 1 aliphatic rings. The number of ether oxygens (including phenoxy) is 1. The summed E-state index contributed by atoms with van der Waals surface area (Å²) in [6.07, 6.45) is 4.08. The van der Waals surface area contributed by atoms with Gasteiger partial charge >= 0.3 is 0 Å². The summed E-state index contributed by atoms with van der Waals surface area (Å²) in [5, 5.41) is 1.05. The Balaban J connectivity index is 1.89. The molecule has 0 unspecified atom stereocenters. The largest absolute Gasteiger partial charge is 0.492 e. The van der Waals surface area contributed by atoms with E-state index in [2.05, 4.69) is 4.72 Å². The van der Waals surface area contributed by atoms with Crippen LogP contribution in [0.25, 0.3) is 6.08 Å². The lowest BCUT2D eigenvalue weighted by atomic mass is 10.2. The van der Waals surface area contributed by atoms with E-state index in [0.717, 1.165) is 30.2 Å². The minimum atomic E-state index is -3.82. The first kappa shape index (κ1) is 22.3. The van der Waals surface area contributed by atoms with Gasteiger partial charge in [0.05, 0.1) is 17.7 Å². The zero-order valence-corrected chi connectivity index (χ0v) is 18.5. The normalized spacial score (nSPS) is 15.9. The molecule has 9 heteroatoms. The monoisotopic (exact) mass is 450 g/mol. The molecule has 0 radical (unpaired) electrons. The Labute approximate surface area is 178 Å². The van der Waals surface area contributed by atoms with E-state index in [9.17, 15) is 16.8 Å². The van der Waals surface area contributed by atoms with E-state index < -0.39 is 20.0 Å². The van der Waals surface area contributed by atoms with Crippen LogP contribution in [0.4, 0.5) is 5.69 Å². The summed E-state index contributed by atoms with van der Waals surface area (Å²) in [4.78, 5) is -0.0292. The topological polar surface area (TPSA) is 92.8 Å². The van der Waals surface area contributed by atoms with Gasteiger partial charge in [0.25, 0.3) is 10.0 Å². The van der Waals surface area contributed by atoms with E-state index in [1.807, 2.05) is 18.2 Å². The maximum Gasteiger partial charge on any atom is 0.255 e. The van der Waals surface area contributed by atoms with Crippen LogP contribution in [0.5, 0.6) is 5.75 Å². The van der Waals surface area contributed by atoms with Crippen molar-refractivity contribution in [2.75, 3.05) is 24.4 Å². The fourth-order valence-corrected chi connectivity index (χ4v) is 5.76. The second-order valence-corrected chi connectivity index (χ2v) is 10.4. The Morgan fingerprint density at radius 1 is 1.00 bits per heavy atom. The molecule has 1 saturated heterocycles. The van der Waals surface area contributed by atoms with Crippen LogP contribution in [0.2, 0.25) is 0 Å². The van der Waals surface area contributed by atoms with Crippen molar-refractivity contribution in [3.05, 3.63) is 59.5 Å². The average molecular weight is 451 g/mol. The third-order valence-electron chi connectivity index (χ3n) is 4.68. The molecule has 1 heterocycles. The van der Waals surface area contributed by atoms with Gasteiger partial charge in [-0.05, 0) is 49.6 Å². The number of hydrogen-bond acceptors (Lipinski definition) is 5. The zero-order chi connectivity index (χ0) is 21.6. The number of benzene rings is 2. The van der Waals surface area contributed by atoms with Gasteiger partial charge in [-0.25, -0.2) is 16.8 Å². The molecular formula is C21H26N2O5S2. The van der Waals surface area contributed by atoms with Crippen LogP contribution in [-0.2, 0) is 20.0 Å². The van der Waals surface area contributed by atoms with Gasteiger partial charge in [-0.1, -0.05) is 36.8 Å². The summed E-state index contributed by atoms with van der Waals surface area (Å²) < 4.78 is 60.6. The van der Waals surface area contributed by atoms with E-state index in [4.69, 9.17) is 4.74 Å². The molecule has 1 N–H and O–H groups in total. The van der Waals surface area contributed by atoms with Crippen molar-refractivity contribution < 1.29 is 21.6 Å². The lowest BCUT2D eigenvalue weighted by molar-refractivity contribution is 0.323. The van der Waals surface area contributed by atoms with Crippen LogP contribution in [-0.4, -0.2) is 40.8 Å². The molecular weight excluding hydrogens is 424 g/mol. The lowest BCUT2D eigenvalue weighted by Gasteiger charge is -2.27. The van der Waals surface area contributed by atoms with Crippen LogP contribution in [0, 0.1) is 0 Å². The molecule has 0 amide bonds. The van der Waals surface area contributed by atoms with Gasteiger partial charge in [-0.2, -0.15) is 4.31 Å². The third-order valence-corrected chi connectivity index (χ3v) is 7.61. The van der Waals surface area contributed by atoms with Crippen molar-refractivity contribution in [2.45, 2.75) is 31.1 Å². The second kappa shape index (κ2) is 9.63. The van der Waals surface area contributed by atoms with Gasteiger partial charge in [0.15, 0.2) is 0 Å². The summed E-state index contributed by atoms with van der Waals surface area (Å²) in [5.41, 5.74) is 0.898. The van der Waals surface area contributed by atoms with Crippen molar-refractivity contribution in [3.63, 3.8) is 0 Å². The van der Waals surface area contributed by atoms with E-state index in [1.54, 1.807) is 19.1 Å². The van der Waals surface area contributed by atoms with Gasteiger partial charge in [0, 0.05) is 13.1 Å². The number of piperidine rings is 1. The van der Waals surface area contributed by atoms with Crippen molar-refractivity contribution in [1.29, 1.82) is 0 Å². The van der Waals surface area contributed by atoms with E-state index >= 15 is 0 Å². The second-order valence-electron chi connectivity index (χ2n) is 6.92. The molecule has 0 aliphatic carbocycles. The van der Waals surface area contributed by atoms with Gasteiger partial charge in [-0.15, -0.1) is 0 Å². The first-order valence-electron chi connectivity index (χ1n) is 9.85.